The third-order valence-corrected chi connectivity index (χ3v) is 22.9. The highest BCUT2D eigenvalue weighted by atomic mass is 79.9. The molecule has 6 aliphatic rings. The Morgan fingerprint density at radius 2 is 0.880 bits per heavy atom. The van der Waals surface area contributed by atoms with E-state index in [0.29, 0.717) is 66.7 Å². The number of halogens is 3. The summed E-state index contributed by atoms with van der Waals surface area (Å²) in [7, 11) is 2.00. The summed E-state index contributed by atoms with van der Waals surface area (Å²) >= 11 is 10.3. The highest BCUT2D eigenvalue weighted by Gasteiger charge is 2.62. The molecule has 15 atom stereocenters. The predicted octanol–water partition coefficient (Wildman–Crippen LogP) is 7.84. The van der Waals surface area contributed by atoms with Crippen LogP contribution in [0.25, 0.3) is 65.8 Å². The molecule has 0 aliphatic carbocycles. The van der Waals surface area contributed by atoms with E-state index < -0.39 is 72.1 Å². The van der Waals surface area contributed by atoms with Gasteiger partial charge in [0.2, 0.25) is 0 Å². The second kappa shape index (κ2) is 25.3. The maximum Gasteiger partial charge on any atom is 0.164 e. The van der Waals surface area contributed by atoms with Gasteiger partial charge in [-0.1, -0.05) is 36.4 Å². The summed E-state index contributed by atoms with van der Waals surface area (Å²) in [6.07, 6.45) is 2.25. The molecule has 15 heterocycles. The van der Waals surface area contributed by atoms with Crippen molar-refractivity contribution in [1.29, 1.82) is 0 Å². The maximum atomic E-state index is 11.2. The van der Waals surface area contributed by atoms with Gasteiger partial charge in [0.1, 0.15) is 107 Å². The average molecular weight is 1550 g/mol. The molecule has 15 unspecified atom stereocenters. The number of aliphatic hydroxyl groups excluding tert-OH is 6. The molecular formula is C70H70Br3N17O10. The Balaban J connectivity index is 0.000000117. The standard InChI is InChI=1S/C24H25BrN6O3.C23H23BrN6O3.C23H22BrN5O4/c1-12-15-5-6-31(22(15)28-11-27-12)23-19(32)20(33)24(34-23)9-18(30(2)10-24)14-4-3-13-7-16(25)21(26)29-17(13)8-14;1-11-14-4-5-30(21(14)28-10-27-11)22-18(31)19(32)23(33-22)8-17(26-9-23)13-3-2-12-6-15(24)20(25)29-16(12)7-13;1-11-14-4-5-29(21(14)27-10-26-11)22-18(30)19(31)23(33-22)8-17(32-9-23)13-3-2-12-6-15(24)20(25)28-16(12)7-13/h3-8,11,18-20,23,32-33H,9-10H2,1-2H3,(H2,26,29);2-7,10,17-19,22,26,31-32H,8-9H2,1H3,(H2,25,29);2-7,10,17-19,22,30-31H,8-9H2,1H3,(H2,25,28). The van der Waals surface area contributed by atoms with E-state index in [9.17, 15) is 30.6 Å². The van der Waals surface area contributed by atoms with Gasteiger partial charge in [-0.25, -0.2) is 44.9 Å². The number of benzene rings is 3. The van der Waals surface area contributed by atoms with Crippen LogP contribution in [0.4, 0.5) is 17.5 Å². The van der Waals surface area contributed by atoms with Crippen LogP contribution < -0.4 is 22.5 Å². The molecule has 6 saturated heterocycles. The molecule has 27 nitrogen and oxygen atoms in total. The zero-order chi connectivity index (χ0) is 69.6. The second-order valence-corrected chi connectivity index (χ2v) is 29.5. The van der Waals surface area contributed by atoms with Crippen molar-refractivity contribution in [2.45, 2.75) is 130 Å². The molecule has 0 amide bonds. The number of hydrogen-bond acceptors (Lipinski definition) is 24. The molecule has 0 radical (unpaired) electrons. The van der Waals surface area contributed by atoms with Gasteiger partial charge in [0, 0.05) is 88.9 Å². The van der Waals surface area contributed by atoms with Crippen LogP contribution in [-0.2, 0) is 18.9 Å². The highest BCUT2D eigenvalue weighted by molar-refractivity contribution is 9.11. The van der Waals surface area contributed by atoms with Gasteiger partial charge in [-0.3, -0.25) is 4.90 Å². The molecule has 516 valence electrons. The van der Waals surface area contributed by atoms with Crippen molar-refractivity contribution in [3.05, 3.63) is 176 Å². The van der Waals surface area contributed by atoms with Crippen molar-refractivity contribution >= 4 is 131 Å². The van der Waals surface area contributed by atoms with Gasteiger partial charge in [0.15, 0.2) is 18.7 Å². The van der Waals surface area contributed by atoms with E-state index in [4.69, 9.17) is 36.1 Å². The Morgan fingerprint density at radius 3 is 1.36 bits per heavy atom. The smallest absolute Gasteiger partial charge is 0.164 e. The third kappa shape index (κ3) is 11.2. The molecule has 6 fully saturated rings. The number of aliphatic hydroxyl groups is 6. The maximum absolute atomic E-state index is 11.2. The zero-order valence-electron chi connectivity index (χ0n) is 54.3. The van der Waals surface area contributed by atoms with Crippen LogP contribution in [0.5, 0.6) is 0 Å². The van der Waals surface area contributed by atoms with E-state index >= 15 is 0 Å². The number of nitrogens with zero attached hydrogens (tertiary/aromatic N) is 13. The lowest BCUT2D eigenvalue weighted by Gasteiger charge is -2.26. The number of nitrogens with one attached hydrogen (secondary N) is 1. The van der Waals surface area contributed by atoms with Crippen LogP contribution in [-0.4, -0.2) is 174 Å². The van der Waals surface area contributed by atoms with Crippen molar-refractivity contribution in [3.8, 4) is 0 Å². The number of likely N-dealkylation sites (tertiary alicyclic amines) is 1. The fourth-order valence-corrected chi connectivity index (χ4v) is 16.5. The normalized spacial score (nSPS) is 29.6. The fraction of sp³-hybridized carbons (Fsp3) is 0.357. The topological polar surface area (TPSA) is 382 Å². The number of pyridine rings is 3. The van der Waals surface area contributed by atoms with Gasteiger partial charge < -0.3 is 85.8 Å². The highest BCUT2D eigenvalue weighted by Crippen LogP contribution is 2.52. The first kappa shape index (κ1) is 66.6. The summed E-state index contributed by atoms with van der Waals surface area (Å²) in [5.74, 6) is 1.30. The first-order valence-corrected chi connectivity index (χ1v) is 35.0. The Labute approximate surface area is 595 Å². The molecule has 6 aliphatic heterocycles. The second-order valence-electron chi connectivity index (χ2n) is 27.0. The minimum atomic E-state index is -1.13. The predicted molar refractivity (Wildman–Crippen MR) is 382 cm³/mol. The monoisotopic (exact) mass is 1550 g/mol. The Bertz CT molecular complexity index is 5010. The summed E-state index contributed by atoms with van der Waals surface area (Å²) in [6, 6.07) is 29.5. The van der Waals surface area contributed by atoms with Crippen LogP contribution in [0.15, 0.2) is 142 Å². The van der Waals surface area contributed by atoms with E-state index in [2.05, 4.69) is 109 Å². The Kier molecular flexibility index (Phi) is 16.8. The van der Waals surface area contributed by atoms with Crippen molar-refractivity contribution < 1.29 is 49.6 Å². The molecule has 13 N–H and O–H groups in total. The lowest BCUT2D eigenvalue weighted by molar-refractivity contribution is -0.103. The molecule has 12 aromatic rings. The van der Waals surface area contributed by atoms with E-state index in [0.717, 1.165) is 96.1 Å². The van der Waals surface area contributed by atoms with E-state index in [1.807, 2.05) is 125 Å². The molecule has 0 bridgehead atoms. The van der Waals surface area contributed by atoms with Crippen LogP contribution >= 0.6 is 47.8 Å². The first-order chi connectivity index (χ1) is 48.0. The van der Waals surface area contributed by atoms with Gasteiger partial charge >= 0.3 is 0 Å². The Morgan fingerprint density at radius 1 is 0.480 bits per heavy atom. The first-order valence-electron chi connectivity index (χ1n) is 32.6. The number of hydrogen-bond donors (Lipinski definition) is 10. The number of fused-ring (bicyclic) bond motifs is 6. The Hall–Kier alpha value is -7.89. The molecule has 0 saturated carbocycles. The van der Waals surface area contributed by atoms with Crippen LogP contribution in [0.1, 0.15) is 89.9 Å². The molecule has 3 spiro atoms. The fourth-order valence-electron chi connectivity index (χ4n) is 15.5. The van der Waals surface area contributed by atoms with Crippen molar-refractivity contribution in [3.63, 3.8) is 0 Å². The molecule has 100 heavy (non-hydrogen) atoms. The molecule has 18 rings (SSSR count). The molecule has 9 aromatic heterocycles. The number of nitrogens with two attached hydrogens (primary N) is 3. The SMILES string of the molecule is Cc1ncnc2c1ccn2C1OC2(CC(c3ccc4cc(Br)c(N)nc4c3)N(C)C2)C(O)C1O.Cc1ncnc2c1ccn2C1OC2(CNC(c3ccc4cc(Br)c(N)nc4c3)C2)C(O)C1O.Cc1ncnc2c1ccn2C1OC2(COC(c3ccc4cc(Br)c(N)nc4c3)C2)C(O)C1O. The van der Waals surface area contributed by atoms with E-state index in [1.165, 1.54) is 19.0 Å². The van der Waals surface area contributed by atoms with Crippen molar-refractivity contribution in [2.75, 3.05) is 43.9 Å². The largest absolute Gasteiger partial charge is 0.387 e. The summed E-state index contributed by atoms with van der Waals surface area (Å²) in [5.41, 5.74) is 24.9. The quantitative estimate of drug-likeness (QED) is 0.0757. The van der Waals surface area contributed by atoms with Gasteiger partial charge in [0.25, 0.3) is 0 Å². The number of likely N-dealkylation sites (N-methyl/N-ethyl adjacent to an activating group) is 1. The zero-order valence-corrected chi connectivity index (χ0v) is 59.0. The van der Waals surface area contributed by atoms with E-state index in [1.54, 1.807) is 19.9 Å². The van der Waals surface area contributed by atoms with Crippen molar-refractivity contribution in [1.82, 2.24) is 68.8 Å². The summed E-state index contributed by atoms with van der Waals surface area (Å²) in [5, 5.41) is 75.2. The average Bonchev–Trinajstić information content (AvgIpc) is 1.58. The lowest BCUT2D eigenvalue weighted by Crippen LogP contribution is -2.44. The van der Waals surface area contributed by atoms with Crippen LogP contribution in [0, 0.1) is 20.8 Å². The summed E-state index contributed by atoms with van der Waals surface area (Å²) in [6.45, 7) is 6.77. The minimum absolute atomic E-state index is 0.0114. The lowest BCUT2D eigenvalue weighted by atomic mass is 9.90. The van der Waals surface area contributed by atoms with Crippen LogP contribution in [0.2, 0.25) is 0 Å². The van der Waals surface area contributed by atoms with Crippen LogP contribution in [0.3, 0.4) is 0 Å². The summed E-state index contributed by atoms with van der Waals surface area (Å²) in [4.78, 5) is 41.4. The number of aryl methyl sites for hydroxylation is 3. The number of aromatic nitrogens is 12. The molecular weight excluding hydrogens is 1480 g/mol. The number of rotatable bonds is 6. The molecule has 3 aromatic carbocycles. The number of anilines is 3. The minimum Gasteiger partial charge on any atom is -0.387 e. The van der Waals surface area contributed by atoms with Gasteiger partial charge in [0.05, 0.1) is 59.8 Å². The van der Waals surface area contributed by atoms with Crippen molar-refractivity contribution in [2.24, 2.45) is 0 Å². The number of nitrogen functional groups attached to an aromatic ring is 3. The molecule has 30 heteroatoms. The number of ether oxygens (including phenoxy) is 4. The summed E-state index contributed by atoms with van der Waals surface area (Å²) < 4.78 is 32.9. The van der Waals surface area contributed by atoms with Gasteiger partial charge in [-0.05, 0) is 153 Å². The third-order valence-electron chi connectivity index (χ3n) is 20.9. The van der Waals surface area contributed by atoms with Gasteiger partial charge in [-0.15, -0.1) is 0 Å². The van der Waals surface area contributed by atoms with Gasteiger partial charge in [-0.2, -0.15) is 0 Å². The van der Waals surface area contributed by atoms with E-state index in [-0.39, 0.29) is 24.8 Å².